The molecule has 0 spiro atoms. The van der Waals surface area contributed by atoms with Crippen LogP contribution in [0.1, 0.15) is 51.7 Å². The second-order valence-corrected chi connectivity index (χ2v) is 8.77. The van der Waals surface area contributed by atoms with E-state index in [9.17, 15) is 9.90 Å². The summed E-state index contributed by atoms with van der Waals surface area (Å²) >= 11 is 0. The number of ether oxygens (including phenoxy) is 1. The van der Waals surface area contributed by atoms with Crippen molar-refractivity contribution in [3.63, 3.8) is 0 Å². The van der Waals surface area contributed by atoms with Crippen molar-refractivity contribution in [2.24, 2.45) is 0 Å². The minimum Gasteiger partial charge on any atom is -0.460 e. The SMILES string of the molecule is CC1(C)CC(OC(=O)C(O)(c2ccccc2)c2ccccc2)CC(C)(C)N1. The van der Waals surface area contributed by atoms with Crippen molar-refractivity contribution in [1.82, 2.24) is 5.32 Å². The van der Waals surface area contributed by atoms with Gasteiger partial charge in [0.15, 0.2) is 0 Å². The number of nitrogens with one attached hydrogen (secondary N) is 1. The van der Waals surface area contributed by atoms with Crippen molar-refractivity contribution in [3.05, 3.63) is 71.8 Å². The summed E-state index contributed by atoms with van der Waals surface area (Å²) in [5, 5.41) is 15.1. The third-order valence-electron chi connectivity index (χ3n) is 5.10. The molecule has 0 aliphatic carbocycles. The Morgan fingerprint density at radius 3 is 1.74 bits per heavy atom. The monoisotopic (exact) mass is 367 g/mol. The van der Waals surface area contributed by atoms with Gasteiger partial charge in [-0.15, -0.1) is 0 Å². The molecule has 144 valence electrons. The average Bonchev–Trinajstić information content (AvgIpc) is 2.59. The Labute approximate surface area is 161 Å². The maximum atomic E-state index is 13.3. The van der Waals surface area contributed by atoms with E-state index in [4.69, 9.17) is 4.74 Å². The van der Waals surface area contributed by atoms with Crippen LogP contribution in [0.4, 0.5) is 0 Å². The number of carbonyl (C=O) groups excluding carboxylic acids is 1. The first-order chi connectivity index (χ1) is 12.6. The van der Waals surface area contributed by atoms with Crippen LogP contribution >= 0.6 is 0 Å². The van der Waals surface area contributed by atoms with Crippen molar-refractivity contribution in [3.8, 4) is 0 Å². The zero-order chi connectivity index (χ0) is 19.7. The fraction of sp³-hybridized carbons (Fsp3) is 0.435. The summed E-state index contributed by atoms with van der Waals surface area (Å²) < 4.78 is 5.91. The first kappa shape index (κ1) is 19.6. The summed E-state index contributed by atoms with van der Waals surface area (Å²) in [5.74, 6) is -0.626. The van der Waals surface area contributed by atoms with E-state index < -0.39 is 11.6 Å². The zero-order valence-electron chi connectivity index (χ0n) is 16.5. The normalized spacial score (nSPS) is 19.4. The molecule has 0 unspecified atom stereocenters. The zero-order valence-corrected chi connectivity index (χ0v) is 16.5. The average molecular weight is 367 g/mol. The lowest BCUT2D eigenvalue weighted by Gasteiger charge is -2.46. The van der Waals surface area contributed by atoms with Crippen molar-refractivity contribution < 1.29 is 14.6 Å². The van der Waals surface area contributed by atoms with Crippen LogP contribution < -0.4 is 5.32 Å². The molecule has 0 radical (unpaired) electrons. The van der Waals surface area contributed by atoms with E-state index in [0.717, 1.165) is 0 Å². The molecule has 4 heteroatoms. The van der Waals surface area contributed by atoms with Gasteiger partial charge < -0.3 is 15.2 Å². The van der Waals surface area contributed by atoms with Gasteiger partial charge in [-0.25, -0.2) is 4.79 Å². The maximum Gasteiger partial charge on any atom is 0.347 e. The number of hydrogen-bond acceptors (Lipinski definition) is 4. The third kappa shape index (κ3) is 4.23. The lowest BCUT2D eigenvalue weighted by Crippen LogP contribution is -2.60. The van der Waals surface area contributed by atoms with Crippen molar-refractivity contribution in [2.75, 3.05) is 0 Å². The topological polar surface area (TPSA) is 58.6 Å². The van der Waals surface area contributed by atoms with Gasteiger partial charge in [0.25, 0.3) is 0 Å². The van der Waals surface area contributed by atoms with Crippen LogP contribution in [0.25, 0.3) is 0 Å². The Bertz CT molecular complexity index is 728. The molecule has 0 amide bonds. The molecule has 0 aromatic heterocycles. The predicted molar refractivity (Wildman–Crippen MR) is 106 cm³/mol. The van der Waals surface area contributed by atoms with E-state index in [-0.39, 0.29) is 17.2 Å². The van der Waals surface area contributed by atoms with Gasteiger partial charge in [0, 0.05) is 23.9 Å². The van der Waals surface area contributed by atoms with Gasteiger partial charge in [0.2, 0.25) is 5.60 Å². The van der Waals surface area contributed by atoms with Crippen molar-refractivity contribution in [2.45, 2.75) is 63.3 Å². The minimum absolute atomic E-state index is 0.149. The summed E-state index contributed by atoms with van der Waals surface area (Å²) in [7, 11) is 0. The molecule has 0 saturated carbocycles. The van der Waals surface area contributed by atoms with Crippen molar-refractivity contribution in [1.29, 1.82) is 0 Å². The van der Waals surface area contributed by atoms with E-state index in [1.165, 1.54) is 0 Å². The number of esters is 1. The van der Waals surface area contributed by atoms with Gasteiger partial charge in [-0.05, 0) is 38.8 Å². The third-order valence-corrected chi connectivity index (χ3v) is 5.10. The standard InChI is InChI=1S/C23H29NO3/c1-21(2)15-19(16-22(3,4)24-21)27-20(25)23(26,17-11-7-5-8-12-17)18-13-9-6-10-14-18/h5-14,19,24,26H,15-16H2,1-4H3. The molecule has 3 rings (SSSR count). The highest BCUT2D eigenvalue weighted by Gasteiger charge is 2.45. The number of carbonyl (C=O) groups is 1. The van der Waals surface area contributed by atoms with Crippen LogP contribution in [0.5, 0.6) is 0 Å². The van der Waals surface area contributed by atoms with Gasteiger partial charge in [0.05, 0.1) is 0 Å². The predicted octanol–water partition coefficient (Wildman–Crippen LogP) is 3.77. The van der Waals surface area contributed by atoms with E-state index in [2.05, 4.69) is 33.0 Å². The first-order valence-electron chi connectivity index (χ1n) is 9.46. The summed E-state index contributed by atoms with van der Waals surface area (Å²) in [5.41, 5.74) is -1.11. The van der Waals surface area contributed by atoms with Crippen LogP contribution in [-0.2, 0) is 15.1 Å². The highest BCUT2D eigenvalue weighted by Crippen LogP contribution is 2.35. The first-order valence-corrected chi connectivity index (χ1v) is 9.46. The quantitative estimate of drug-likeness (QED) is 0.808. The molecule has 0 bridgehead atoms. The molecule has 1 aliphatic heterocycles. The summed E-state index contributed by atoms with van der Waals surface area (Å²) in [6.45, 7) is 8.43. The number of piperidine rings is 1. The Morgan fingerprint density at radius 2 is 1.33 bits per heavy atom. The summed E-state index contributed by atoms with van der Waals surface area (Å²) in [6.07, 6.45) is 1.13. The van der Waals surface area contributed by atoms with Gasteiger partial charge in [-0.3, -0.25) is 0 Å². The fourth-order valence-corrected chi connectivity index (χ4v) is 4.31. The molecule has 2 aromatic carbocycles. The Balaban J connectivity index is 1.93. The molecule has 2 aromatic rings. The molecule has 1 aliphatic rings. The molecule has 1 fully saturated rings. The molecule has 1 saturated heterocycles. The lowest BCUT2D eigenvalue weighted by molar-refractivity contribution is -0.171. The molecule has 1 heterocycles. The smallest absolute Gasteiger partial charge is 0.347 e. The van der Waals surface area contributed by atoms with Crippen molar-refractivity contribution >= 4 is 5.97 Å². The van der Waals surface area contributed by atoms with Crippen LogP contribution in [0, 0.1) is 0 Å². The van der Waals surface area contributed by atoms with E-state index in [1.807, 2.05) is 36.4 Å². The Morgan fingerprint density at radius 1 is 0.926 bits per heavy atom. The van der Waals surface area contributed by atoms with Crippen LogP contribution in [-0.4, -0.2) is 28.3 Å². The Kier molecular flexibility index (Phi) is 5.15. The Hall–Kier alpha value is -2.17. The molecular formula is C23H29NO3. The maximum absolute atomic E-state index is 13.3. The fourth-order valence-electron chi connectivity index (χ4n) is 4.31. The molecule has 27 heavy (non-hydrogen) atoms. The highest BCUT2D eigenvalue weighted by atomic mass is 16.6. The number of hydrogen-bond donors (Lipinski definition) is 2. The van der Waals surface area contributed by atoms with E-state index in [0.29, 0.717) is 24.0 Å². The molecule has 2 N–H and O–H groups in total. The summed E-state index contributed by atoms with van der Waals surface area (Å²) in [4.78, 5) is 13.3. The largest absolute Gasteiger partial charge is 0.460 e. The van der Waals surface area contributed by atoms with Gasteiger partial charge >= 0.3 is 5.97 Å². The summed E-state index contributed by atoms with van der Waals surface area (Å²) in [6, 6.07) is 18.0. The van der Waals surface area contributed by atoms with Crippen LogP contribution in [0.2, 0.25) is 0 Å². The van der Waals surface area contributed by atoms with Gasteiger partial charge in [0.1, 0.15) is 6.10 Å². The number of rotatable bonds is 4. The second-order valence-electron chi connectivity index (χ2n) is 8.77. The van der Waals surface area contributed by atoms with Gasteiger partial charge in [-0.2, -0.15) is 0 Å². The minimum atomic E-state index is -1.83. The van der Waals surface area contributed by atoms with Crippen LogP contribution in [0.15, 0.2) is 60.7 Å². The van der Waals surface area contributed by atoms with E-state index >= 15 is 0 Å². The molecule has 4 nitrogen and oxygen atoms in total. The van der Waals surface area contributed by atoms with E-state index in [1.54, 1.807) is 24.3 Å². The number of benzene rings is 2. The van der Waals surface area contributed by atoms with Gasteiger partial charge in [-0.1, -0.05) is 60.7 Å². The second kappa shape index (κ2) is 7.10. The molecule has 0 atom stereocenters. The van der Waals surface area contributed by atoms with Crippen LogP contribution in [0.3, 0.4) is 0 Å². The number of aliphatic hydroxyl groups is 1. The highest BCUT2D eigenvalue weighted by molar-refractivity contribution is 5.85. The lowest BCUT2D eigenvalue weighted by atomic mass is 9.80. The molecular weight excluding hydrogens is 338 g/mol.